The zero-order valence-corrected chi connectivity index (χ0v) is 18.7. The van der Waals surface area contributed by atoms with E-state index in [0.29, 0.717) is 0 Å². The average Bonchev–Trinajstić information content (AvgIpc) is 3.07. The first-order chi connectivity index (χ1) is 13.1. The monoisotopic (exact) mass is 412 g/mol. The van der Waals surface area contributed by atoms with Crippen LogP contribution >= 0.6 is 11.3 Å². The van der Waals surface area contributed by atoms with Crippen LogP contribution in [0.15, 0.2) is 60.0 Å². The number of hydrogen-bond donors (Lipinski definition) is 0. The predicted octanol–water partition coefficient (Wildman–Crippen LogP) is 6.22. The van der Waals surface area contributed by atoms with E-state index in [2.05, 4.69) is 54.8 Å². The van der Waals surface area contributed by atoms with Crippen molar-refractivity contribution in [1.29, 1.82) is 0 Å². The van der Waals surface area contributed by atoms with E-state index in [0.717, 1.165) is 18.4 Å². The van der Waals surface area contributed by atoms with E-state index in [1.807, 2.05) is 12.1 Å². The maximum Gasteiger partial charge on any atom is 0.159 e. The molecule has 0 atom stereocenters. The van der Waals surface area contributed by atoms with Crippen molar-refractivity contribution in [3.05, 3.63) is 82.2 Å². The molecule has 0 fully saturated rings. The maximum atomic E-state index is 12.3. The van der Waals surface area contributed by atoms with Gasteiger partial charge in [-0.25, -0.2) is 8.42 Å². The summed E-state index contributed by atoms with van der Waals surface area (Å²) in [5.74, 6) is 0.0977. The van der Waals surface area contributed by atoms with Crippen LogP contribution in [0.1, 0.15) is 43.0 Å². The summed E-state index contributed by atoms with van der Waals surface area (Å²) >= 11 is 1.78. The number of sulfone groups is 1. The van der Waals surface area contributed by atoms with Gasteiger partial charge in [0.1, 0.15) is 0 Å². The standard InChI is InChI=1S/C24H28O2S2/c1-18-15-23(27-16-18)22-13-11-20(12-14-22)6-5-19-7-9-21(10-8-19)17-28(25,26)24(2,3)4/h7-16H,5-6,17H2,1-4H3. The van der Waals surface area contributed by atoms with Gasteiger partial charge in [-0.2, -0.15) is 0 Å². The van der Waals surface area contributed by atoms with Crippen LogP contribution in [0.3, 0.4) is 0 Å². The molecule has 0 aliphatic carbocycles. The van der Waals surface area contributed by atoms with Gasteiger partial charge in [-0.15, -0.1) is 11.3 Å². The number of hydrogen-bond acceptors (Lipinski definition) is 3. The summed E-state index contributed by atoms with van der Waals surface area (Å²) in [5, 5.41) is 2.18. The van der Waals surface area contributed by atoms with Gasteiger partial charge in [0.05, 0.1) is 10.5 Å². The molecule has 0 amide bonds. The Labute approximate surface area is 173 Å². The molecule has 148 valence electrons. The van der Waals surface area contributed by atoms with Crippen LogP contribution in [0.4, 0.5) is 0 Å². The Morgan fingerprint density at radius 3 is 1.79 bits per heavy atom. The summed E-state index contributed by atoms with van der Waals surface area (Å²) in [5.41, 5.74) is 5.98. The molecule has 0 saturated carbocycles. The van der Waals surface area contributed by atoms with Gasteiger partial charge in [0.15, 0.2) is 9.84 Å². The minimum Gasteiger partial charge on any atom is -0.228 e. The highest BCUT2D eigenvalue weighted by Gasteiger charge is 2.28. The predicted molar refractivity (Wildman–Crippen MR) is 121 cm³/mol. The zero-order valence-electron chi connectivity index (χ0n) is 17.0. The lowest BCUT2D eigenvalue weighted by atomic mass is 10.0. The van der Waals surface area contributed by atoms with Crippen LogP contribution < -0.4 is 0 Å². The zero-order chi connectivity index (χ0) is 20.4. The molecule has 0 bridgehead atoms. The van der Waals surface area contributed by atoms with Crippen molar-refractivity contribution < 1.29 is 8.42 Å². The largest absolute Gasteiger partial charge is 0.228 e. The lowest BCUT2D eigenvalue weighted by Gasteiger charge is -2.19. The van der Waals surface area contributed by atoms with Gasteiger partial charge >= 0.3 is 0 Å². The van der Waals surface area contributed by atoms with Crippen molar-refractivity contribution in [3.8, 4) is 10.4 Å². The second kappa shape index (κ2) is 8.22. The van der Waals surface area contributed by atoms with Gasteiger partial charge in [0.25, 0.3) is 0 Å². The summed E-state index contributed by atoms with van der Waals surface area (Å²) in [6, 6.07) is 19.0. The number of rotatable bonds is 6. The van der Waals surface area contributed by atoms with Crippen molar-refractivity contribution in [2.24, 2.45) is 0 Å². The maximum absolute atomic E-state index is 12.3. The third-order valence-corrected chi connectivity index (χ3v) is 8.66. The van der Waals surface area contributed by atoms with Gasteiger partial charge in [-0.3, -0.25) is 0 Å². The van der Waals surface area contributed by atoms with Crippen LogP contribution in [-0.2, 0) is 28.4 Å². The minimum atomic E-state index is -3.14. The lowest BCUT2D eigenvalue weighted by molar-refractivity contribution is 0.559. The molecule has 2 aromatic carbocycles. The second-order valence-corrected chi connectivity index (χ2v) is 12.0. The van der Waals surface area contributed by atoms with Crippen molar-refractivity contribution in [2.45, 2.75) is 51.0 Å². The van der Waals surface area contributed by atoms with Crippen LogP contribution in [0.5, 0.6) is 0 Å². The van der Waals surface area contributed by atoms with Gasteiger partial charge in [0, 0.05) is 4.88 Å². The van der Waals surface area contributed by atoms with Crippen LogP contribution in [0.2, 0.25) is 0 Å². The van der Waals surface area contributed by atoms with Crippen molar-refractivity contribution in [2.75, 3.05) is 0 Å². The summed E-state index contributed by atoms with van der Waals surface area (Å²) < 4.78 is 24.0. The normalized spacial score (nSPS) is 12.3. The summed E-state index contributed by atoms with van der Waals surface area (Å²) in [7, 11) is -3.14. The molecule has 0 aliphatic heterocycles. The smallest absolute Gasteiger partial charge is 0.159 e. The first-order valence-corrected chi connectivity index (χ1v) is 12.1. The first-order valence-electron chi connectivity index (χ1n) is 9.59. The van der Waals surface area contributed by atoms with E-state index in [1.54, 1.807) is 32.1 Å². The number of thiophene rings is 1. The Balaban J connectivity index is 1.59. The van der Waals surface area contributed by atoms with Crippen molar-refractivity contribution in [3.63, 3.8) is 0 Å². The Kier molecular flexibility index (Phi) is 6.11. The minimum absolute atomic E-state index is 0.0977. The molecule has 28 heavy (non-hydrogen) atoms. The Bertz CT molecular complexity index is 1020. The molecule has 0 aliphatic rings. The molecule has 2 nitrogen and oxygen atoms in total. The van der Waals surface area contributed by atoms with Crippen molar-refractivity contribution >= 4 is 21.2 Å². The third kappa shape index (κ3) is 5.12. The third-order valence-electron chi connectivity index (χ3n) is 4.98. The van der Waals surface area contributed by atoms with E-state index in [1.165, 1.54) is 27.1 Å². The fourth-order valence-corrected chi connectivity index (χ4v) is 4.92. The van der Waals surface area contributed by atoms with E-state index in [4.69, 9.17) is 0 Å². The summed E-state index contributed by atoms with van der Waals surface area (Å²) in [6.07, 6.45) is 1.92. The average molecular weight is 413 g/mol. The van der Waals surface area contributed by atoms with Gasteiger partial charge in [-0.05, 0) is 79.8 Å². The van der Waals surface area contributed by atoms with Gasteiger partial charge in [-0.1, -0.05) is 48.5 Å². The van der Waals surface area contributed by atoms with E-state index >= 15 is 0 Å². The van der Waals surface area contributed by atoms with E-state index < -0.39 is 14.6 Å². The van der Waals surface area contributed by atoms with Crippen molar-refractivity contribution in [1.82, 2.24) is 0 Å². The number of aryl methyl sites for hydroxylation is 3. The molecular weight excluding hydrogens is 384 g/mol. The Morgan fingerprint density at radius 2 is 1.32 bits per heavy atom. The number of benzene rings is 2. The fourth-order valence-electron chi connectivity index (χ4n) is 2.95. The SMILES string of the molecule is Cc1csc(-c2ccc(CCc3ccc(CS(=O)(=O)C(C)(C)C)cc3)cc2)c1. The molecule has 0 saturated heterocycles. The highest BCUT2D eigenvalue weighted by molar-refractivity contribution is 7.91. The lowest BCUT2D eigenvalue weighted by Crippen LogP contribution is -2.29. The molecular formula is C24H28O2S2. The first kappa shape index (κ1) is 20.8. The topological polar surface area (TPSA) is 34.1 Å². The summed E-state index contributed by atoms with van der Waals surface area (Å²) in [4.78, 5) is 1.31. The molecule has 1 aromatic heterocycles. The van der Waals surface area contributed by atoms with E-state index in [9.17, 15) is 8.42 Å². The molecule has 0 radical (unpaired) electrons. The molecule has 0 N–H and O–H groups in total. The Morgan fingerprint density at radius 1 is 0.821 bits per heavy atom. The van der Waals surface area contributed by atoms with E-state index in [-0.39, 0.29) is 5.75 Å². The highest BCUT2D eigenvalue weighted by Crippen LogP contribution is 2.27. The molecule has 1 heterocycles. The highest BCUT2D eigenvalue weighted by atomic mass is 32.2. The summed E-state index contributed by atoms with van der Waals surface area (Å²) in [6.45, 7) is 7.38. The molecule has 3 aromatic rings. The van der Waals surface area contributed by atoms with Crippen LogP contribution in [-0.4, -0.2) is 13.2 Å². The van der Waals surface area contributed by atoms with Gasteiger partial charge in [0.2, 0.25) is 0 Å². The Hall–Kier alpha value is -1.91. The fraction of sp³-hybridized carbons (Fsp3) is 0.333. The molecule has 3 rings (SSSR count). The molecule has 4 heteroatoms. The van der Waals surface area contributed by atoms with Crippen LogP contribution in [0, 0.1) is 6.92 Å². The molecule has 0 spiro atoms. The molecule has 0 unspecified atom stereocenters. The van der Waals surface area contributed by atoms with Crippen LogP contribution in [0.25, 0.3) is 10.4 Å². The second-order valence-electron chi connectivity index (χ2n) is 8.37. The quantitative estimate of drug-likeness (QED) is 0.481. The van der Waals surface area contributed by atoms with Gasteiger partial charge < -0.3 is 0 Å².